The summed E-state index contributed by atoms with van der Waals surface area (Å²) in [5.74, 6) is 0. The Balaban J connectivity index is 1.75. The first kappa shape index (κ1) is 14.8. The number of aromatic nitrogens is 1. The number of pyridine rings is 1. The van der Waals surface area contributed by atoms with Crippen LogP contribution in [0.3, 0.4) is 0 Å². The van der Waals surface area contributed by atoms with Crippen LogP contribution in [0.2, 0.25) is 0 Å². The second kappa shape index (κ2) is 7.82. The molecule has 0 radical (unpaired) electrons. The summed E-state index contributed by atoms with van der Waals surface area (Å²) in [6.45, 7) is 6.53. The molecular weight excluding hydrogens is 304 g/mol. The maximum absolute atomic E-state index is 5.51. The van der Waals surface area contributed by atoms with Crippen molar-refractivity contribution < 1.29 is 0 Å². The molecule has 5 heteroatoms. The van der Waals surface area contributed by atoms with Gasteiger partial charge in [-0.2, -0.15) is 0 Å². The highest BCUT2D eigenvalue weighted by Crippen LogP contribution is 2.25. The van der Waals surface area contributed by atoms with E-state index in [0.717, 1.165) is 43.6 Å². The van der Waals surface area contributed by atoms with Gasteiger partial charge in [-0.1, -0.05) is 6.42 Å². The average Bonchev–Trinajstić information content (AvgIpc) is 2.45. The van der Waals surface area contributed by atoms with Crippen LogP contribution in [-0.2, 0) is 0 Å². The minimum Gasteiger partial charge on any atom is -0.368 e. The molecule has 1 aromatic heterocycles. The van der Waals surface area contributed by atoms with Gasteiger partial charge in [-0.3, -0.25) is 9.88 Å². The van der Waals surface area contributed by atoms with Crippen LogP contribution in [0.4, 0.5) is 5.69 Å². The largest absolute Gasteiger partial charge is 0.368 e. The highest BCUT2D eigenvalue weighted by atomic mass is 79.9. The van der Waals surface area contributed by atoms with Gasteiger partial charge in [0.05, 0.1) is 10.2 Å². The molecule has 19 heavy (non-hydrogen) atoms. The third-order valence-electron chi connectivity index (χ3n) is 3.64. The molecule has 0 aromatic carbocycles. The zero-order valence-electron chi connectivity index (χ0n) is 11.4. The van der Waals surface area contributed by atoms with Crippen molar-refractivity contribution in [3.05, 3.63) is 22.9 Å². The summed E-state index contributed by atoms with van der Waals surface area (Å²) in [7, 11) is 0. The zero-order valence-corrected chi connectivity index (χ0v) is 13.0. The zero-order chi connectivity index (χ0) is 13.5. The third kappa shape index (κ3) is 4.44. The number of anilines is 1. The fourth-order valence-electron chi connectivity index (χ4n) is 2.49. The van der Waals surface area contributed by atoms with E-state index in [1.807, 2.05) is 12.4 Å². The first-order valence-electron chi connectivity index (χ1n) is 7.08. The second-order valence-electron chi connectivity index (χ2n) is 5.01. The average molecular weight is 327 g/mol. The number of rotatable bonds is 6. The summed E-state index contributed by atoms with van der Waals surface area (Å²) >= 11 is 3.58. The summed E-state index contributed by atoms with van der Waals surface area (Å²) in [5.41, 5.74) is 6.78. The van der Waals surface area contributed by atoms with E-state index in [0.29, 0.717) is 0 Å². The van der Waals surface area contributed by atoms with E-state index in [9.17, 15) is 0 Å². The molecule has 2 N–H and O–H groups in total. The summed E-state index contributed by atoms with van der Waals surface area (Å²) < 4.78 is 1.09. The van der Waals surface area contributed by atoms with Crippen molar-refractivity contribution in [1.82, 2.24) is 9.88 Å². The lowest BCUT2D eigenvalue weighted by molar-refractivity contribution is 0.252. The van der Waals surface area contributed by atoms with Gasteiger partial charge in [-0.25, -0.2) is 0 Å². The van der Waals surface area contributed by atoms with Crippen molar-refractivity contribution in [3.8, 4) is 0 Å². The SMILES string of the molecule is NCCCCCN1CCN(c2ccncc2Br)CC1. The van der Waals surface area contributed by atoms with Gasteiger partial charge in [-0.05, 0) is 47.9 Å². The fourth-order valence-corrected chi connectivity index (χ4v) is 2.99. The lowest BCUT2D eigenvalue weighted by Gasteiger charge is -2.36. The molecule has 0 saturated carbocycles. The first-order valence-corrected chi connectivity index (χ1v) is 7.87. The van der Waals surface area contributed by atoms with Gasteiger partial charge in [-0.15, -0.1) is 0 Å². The molecule has 1 aliphatic rings. The molecule has 1 aromatic rings. The number of piperazine rings is 1. The molecule has 106 valence electrons. The maximum Gasteiger partial charge on any atom is 0.0592 e. The van der Waals surface area contributed by atoms with Crippen molar-refractivity contribution in [3.63, 3.8) is 0 Å². The molecule has 0 spiro atoms. The Morgan fingerprint density at radius 1 is 1.16 bits per heavy atom. The molecule has 0 amide bonds. The van der Waals surface area contributed by atoms with Crippen LogP contribution in [-0.4, -0.2) is 49.2 Å². The molecule has 1 aliphatic heterocycles. The monoisotopic (exact) mass is 326 g/mol. The summed E-state index contributed by atoms with van der Waals surface area (Å²) in [6, 6.07) is 2.08. The minimum absolute atomic E-state index is 0.823. The first-order chi connectivity index (χ1) is 9.31. The molecule has 2 rings (SSSR count). The maximum atomic E-state index is 5.51. The predicted molar refractivity (Wildman–Crippen MR) is 83.5 cm³/mol. The lowest BCUT2D eigenvalue weighted by Crippen LogP contribution is -2.46. The number of unbranched alkanes of at least 4 members (excludes halogenated alkanes) is 2. The smallest absolute Gasteiger partial charge is 0.0592 e. The van der Waals surface area contributed by atoms with E-state index in [1.54, 1.807) is 0 Å². The molecule has 4 nitrogen and oxygen atoms in total. The predicted octanol–water partition coefficient (Wildman–Crippen LogP) is 2.10. The molecule has 0 atom stereocenters. The van der Waals surface area contributed by atoms with Gasteiger partial charge in [0, 0.05) is 38.6 Å². The van der Waals surface area contributed by atoms with Crippen molar-refractivity contribution in [1.29, 1.82) is 0 Å². The van der Waals surface area contributed by atoms with E-state index < -0.39 is 0 Å². The van der Waals surface area contributed by atoms with E-state index in [-0.39, 0.29) is 0 Å². The van der Waals surface area contributed by atoms with Crippen molar-refractivity contribution in [2.75, 3.05) is 44.2 Å². The summed E-state index contributed by atoms with van der Waals surface area (Å²) in [4.78, 5) is 9.11. The number of nitrogens with two attached hydrogens (primary N) is 1. The quantitative estimate of drug-likeness (QED) is 0.813. The minimum atomic E-state index is 0.823. The van der Waals surface area contributed by atoms with Gasteiger partial charge < -0.3 is 10.6 Å². The summed E-state index contributed by atoms with van der Waals surface area (Å²) in [6.07, 6.45) is 7.42. The third-order valence-corrected chi connectivity index (χ3v) is 4.25. The van der Waals surface area contributed by atoms with Crippen LogP contribution in [0.25, 0.3) is 0 Å². The van der Waals surface area contributed by atoms with Crippen molar-refractivity contribution >= 4 is 21.6 Å². The van der Waals surface area contributed by atoms with Crippen molar-refractivity contribution in [2.45, 2.75) is 19.3 Å². The van der Waals surface area contributed by atoms with Crippen LogP contribution in [0, 0.1) is 0 Å². The van der Waals surface area contributed by atoms with E-state index in [2.05, 4.69) is 36.8 Å². The van der Waals surface area contributed by atoms with Crippen LogP contribution in [0.5, 0.6) is 0 Å². The van der Waals surface area contributed by atoms with E-state index >= 15 is 0 Å². The molecule has 0 aliphatic carbocycles. The number of nitrogens with zero attached hydrogens (tertiary/aromatic N) is 3. The Morgan fingerprint density at radius 2 is 1.95 bits per heavy atom. The fraction of sp³-hybridized carbons (Fsp3) is 0.643. The highest BCUT2D eigenvalue weighted by molar-refractivity contribution is 9.10. The number of halogens is 1. The Labute approximate surface area is 124 Å². The molecule has 1 fully saturated rings. The number of hydrogen-bond acceptors (Lipinski definition) is 4. The summed E-state index contributed by atoms with van der Waals surface area (Å²) in [5, 5.41) is 0. The van der Waals surface area contributed by atoms with Crippen molar-refractivity contribution in [2.24, 2.45) is 5.73 Å². The van der Waals surface area contributed by atoms with Gasteiger partial charge in [0.15, 0.2) is 0 Å². The molecule has 1 saturated heterocycles. The molecule has 2 heterocycles. The Hall–Kier alpha value is -0.650. The second-order valence-corrected chi connectivity index (χ2v) is 5.86. The topological polar surface area (TPSA) is 45.4 Å². The van der Waals surface area contributed by atoms with E-state index in [1.165, 1.54) is 25.1 Å². The lowest BCUT2D eigenvalue weighted by atomic mass is 10.2. The molecular formula is C14H23BrN4. The van der Waals surface area contributed by atoms with Crippen LogP contribution >= 0.6 is 15.9 Å². The van der Waals surface area contributed by atoms with Gasteiger partial charge in [0.1, 0.15) is 0 Å². The number of hydrogen-bond donors (Lipinski definition) is 1. The Bertz CT molecular complexity index is 377. The van der Waals surface area contributed by atoms with Gasteiger partial charge in [0.2, 0.25) is 0 Å². The van der Waals surface area contributed by atoms with Crippen LogP contribution < -0.4 is 10.6 Å². The highest BCUT2D eigenvalue weighted by Gasteiger charge is 2.18. The molecule has 0 unspecified atom stereocenters. The van der Waals surface area contributed by atoms with Gasteiger partial charge >= 0.3 is 0 Å². The normalized spacial score (nSPS) is 16.8. The van der Waals surface area contributed by atoms with Gasteiger partial charge in [0.25, 0.3) is 0 Å². The van der Waals surface area contributed by atoms with E-state index in [4.69, 9.17) is 5.73 Å². The van der Waals surface area contributed by atoms with Crippen LogP contribution in [0.1, 0.15) is 19.3 Å². The standard InChI is InChI=1S/C14H23BrN4/c15-13-12-17-6-4-14(13)19-10-8-18(9-11-19)7-3-1-2-5-16/h4,6,12H,1-3,5,7-11,16H2. The van der Waals surface area contributed by atoms with Crippen LogP contribution in [0.15, 0.2) is 22.9 Å². The molecule has 0 bridgehead atoms. The Kier molecular flexibility index (Phi) is 6.07. The Morgan fingerprint density at radius 3 is 2.63 bits per heavy atom.